The molecule has 0 bridgehead atoms. The van der Waals surface area contributed by atoms with Crippen molar-refractivity contribution in [3.05, 3.63) is 17.7 Å². The molecule has 0 atom stereocenters. The molecular formula is C12H21N3. The van der Waals surface area contributed by atoms with Crippen molar-refractivity contribution in [1.82, 2.24) is 14.9 Å². The summed E-state index contributed by atoms with van der Waals surface area (Å²) in [5, 5.41) is 3.56. The SMILES string of the molecule is CCCCn1cnc2c1C(C)(C)NCC2. The molecule has 0 saturated heterocycles. The molecule has 0 aromatic carbocycles. The fourth-order valence-electron chi connectivity index (χ4n) is 2.40. The first-order valence-corrected chi connectivity index (χ1v) is 5.94. The Morgan fingerprint density at radius 2 is 2.33 bits per heavy atom. The van der Waals surface area contributed by atoms with Crippen LogP contribution in [0.2, 0.25) is 0 Å². The summed E-state index contributed by atoms with van der Waals surface area (Å²) >= 11 is 0. The summed E-state index contributed by atoms with van der Waals surface area (Å²) in [6, 6.07) is 0. The molecule has 1 aromatic rings. The third kappa shape index (κ3) is 1.93. The molecule has 1 N–H and O–H groups in total. The number of fused-ring (bicyclic) bond motifs is 1. The van der Waals surface area contributed by atoms with Gasteiger partial charge in [-0.05, 0) is 20.3 Å². The highest BCUT2D eigenvalue weighted by molar-refractivity contribution is 5.24. The maximum Gasteiger partial charge on any atom is 0.0952 e. The molecule has 84 valence electrons. The normalized spacial score (nSPS) is 18.9. The lowest BCUT2D eigenvalue weighted by Gasteiger charge is -2.32. The van der Waals surface area contributed by atoms with E-state index in [2.05, 4.69) is 35.6 Å². The van der Waals surface area contributed by atoms with Gasteiger partial charge in [-0.25, -0.2) is 4.98 Å². The van der Waals surface area contributed by atoms with Crippen LogP contribution in [0.3, 0.4) is 0 Å². The van der Waals surface area contributed by atoms with Crippen LogP contribution >= 0.6 is 0 Å². The van der Waals surface area contributed by atoms with E-state index in [1.54, 1.807) is 0 Å². The number of hydrogen-bond acceptors (Lipinski definition) is 2. The van der Waals surface area contributed by atoms with Gasteiger partial charge in [0.25, 0.3) is 0 Å². The Kier molecular flexibility index (Phi) is 2.83. The van der Waals surface area contributed by atoms with E-state index in [1.165, 1.54) is 24.2 Å². The third-order valence-corrected chi connectivity index (χ3v) is 3.19. The van der Waals surface area contributed by atoms with Crippen LogP contribution in [0, 0.1) is 0 Å². The second kappa shape index (κ2) is 3.97. The molecule has 0 aliphatic carbocycles. The van der Waals surface area contributed by atoms with E-state index in [-0.39, 0.29) is 5.54 Å². The molecular weight excluding hydrogens is 186 g/mol. The van der Waals surface area contributed by atoms with Gasteiger partial charge in [-0.3, -0.25) is 0 Å². The number of aromatic nitrogens is 2. The topological polar surface area (TPSA) is 29.9 Å². The summed E-state index contributed by atoms with van der Waals surface area (Å²) in [5.41, 5.74) is 2.76. The first-order valence-electron chi connectivity index (χ1n) is 5.94. The van der Waals surface area contributed by atoms with Crippen molar-refractivity contribution < 1.29 is 0 Å². The maximum atomic E-state index is 4.53. The molecule has 0 unspecified atom stereocenters. The highest BCUT2D eigenvalue weighted by Crippen LogP contribution is 2.27. The number of hydrogen-bond donors (Lipinski definition) is 1. The Bertz CT molecular complexity index is 339. The van der Waals surface area contributed by atoms with Gasteiger partial charge in [-0.15, -0.1) is 0 Å². The van der Waals surface area contributed by atoms with Crippen LogP contribution in [0.25, 0.3) is 0 Å². The van der Waals surface area contributed by atoms with E-state index in [9.17, 15) is 0 Å². The second-order valence-electron chi connectivity index (χ2n) is 4.89. The fraction of sp³-hybridized carbons (Fsp3) is 0.750. The Labute approximate surface area is 91.9 Å². The molecule has 0 fully saturated rings. The Hall–Kier alpha value is -0.830. The van der Waals surface area contributed by atoms with Crippen molar-refractivity contribution in [3.63, 3.8) is 0 Å². The summed E-state index contributed by atoms with van der Waals surface area (Å²) in [5.74, 6) is 0. The summed E-state index contributed by atoms with van der Waals surface area (Å²) in [6.07, 6.45) is 5.55. The molecule has 0 radical (unpaired) electrons. The highest BCUT2D eigenvalue weighted by atomic mass is 15.1. The van der Waals surface area contributed by atoms with Gasteiger partial charge in [0, 0.05) is 19.5 Å². The maximum absolute atomic E-state index is 4.53. The predicted molar refractivity (Wildman–Crippen MR) is 61.9 cm³/mol. The number of nitrogens with zero attached hydrogens (tertiary/aromatic N) is 2. The fourth-order valence-corrected chi connectivity index (χ4v) is 2.40. The van der Waals surface area contributed by atoms with E-state index in [4.69, 9.17) is 0 Å². The molecule has 0 amide bonds. The minimum atomic E-state index is 0.0812. The Morgan fingerprint density at radius 3 is 3.07 bits per heavy atom. The Morgan fingerprint density at radius 1 is 1.53 bits per heavy atom. The van der Waals surface area contributed by atoms with Gasteiger partial charge in [0.1, 0.15) is 0 Å². The average Bonchev–Trinajstić information content (AvgIpc) is 2.59. The summed E-state index contributed by atoms with van der Waals surface area (Å²) < 4.78 is 2.32. The molecule has 1 aliphatic rings. The van der Waals surface area contributed by atoms with Gasteiger partial charge < -0.3 is 9.88 Å². The number of nitrogens with one attached hydrogen (secondary N) is 1. The molecule has 0 saturated carbocycles. The zero-order chi connectivity index (χ0) is 10.9. The zero-order valence-electron chi connectivity index (χ0n) is 10.0. The second-order valence-corrected chi connectivity index (χ2v) is 4.89. The molecule has 3 nitrogen and oxygen atoms in total. The van der Waals surface area contributed by atoms with Gasteiger partial charge in [0.05, 0.1) is 23.3 Å². The number of aryl methyl sites for hydroxylation is 1. The van der Waals surface area contributed by atoms with Gasteiger partial charge in [0.15, 0.2) is 0 Å². The first-order chi connectivity index (χ1) is 7.15. The molecule has 0 spiro atoms. The summed E-state index contributed by atoms with van der Waals surface area (Å²) in [6.45, 7) is 8.87. The van der Waals surface area contributed by atoms with Crippen LogP contribution < -0.4 is 5.32 Å². The Balaban J connectivity index is 2.30. The van der Waals surface area contributed by atoms with Crippen molar-refractivity contribution in [2.24, 2.45) is 0 Å². The van der Waals surface area contributed by atoms with Crippen molar-refractivity contribution in [3.8, 4) is 0 Å². The molecule has 2 heterocycles. The van der Waals surface area contributed by atoms with Crippen molar-refractivity contribution in [2.75, 3.05) is 6.54 Å². The molecule has 1 aromatic heterocycles. The van der Waals surface area contributed by atoms with E-state index in [0.717, 1.165) is 19.5 Å². The van der Waals surface area contributed by atoms with Crippen LogP contribution in [0.5, 0.6) is 0 Å². The molecule has 15 heavy (non-hydrogen) atoms. The van der Waals surface area contributed by atoms with E-state index in [1.807, 2.05) is 6.33 Å². The third-order valence-electron chi connectivity index (χ3n) is 3.19. The standard InChI is InChI=1S/C12H21N3/c1-4-5-8-15-9-13-10-6-7-14-12(2,3)11(10)15/h9,14H,4-8H2,1-3H3. The van der Waals surface area contributed by atoms with Gasteiger partial charge >= 0.3 is 0 Å². The van der Waals surface area contributed by atoms with Crippen LogP contribution in [0.15, 0.2) is 6.33 Å². The van der Waals surface area contributed by atoms with Gasteiger partial charge in [0.2, 0.25) is 0 Å². The van der Waals surface area contributed by atoms with E-state index >= 15 is 0 Å². The first kappa shape index (κ1) is 10.7. The van der Waals surface area contributed by atoms with Crippen LogP contribution in [0.4, 0.5) is 0 Å². The molecule has 2 rings (SSSR count). The predicted octanol–water partition coefficient (Wildman–Crippen LogP) is 2.06. The van der Waals surface area contributed by atoms with Crippen molar-refractivity contribution in [1.29, 1.82) is 0 Å². The minimum absolute atomic E-state index is 0.0812. The van der Waals surface area contributed by atoms with E-state index < -0.39 is 0 Å². The highest BCUT2D eigenvalue weighted by Gasteiger charge is 2.30. The van der Waals surface area contributed by atoms with Crippen LogP contribution in [-0.4, -0.2) is 16.1 Å². The molecule has 3 heteroatoms. The lowest BCUT2D eigenvalue weighted by molar-refractivity contribution is 0.352. The zero-order valence-corrected chi connectivity index (χ0v) is 10.0. The van der Waals surface area contributed by atoms with E-state index in [0.29, 0.717) is 0 Å². The minimum Gasteiger partial charge on any atom is -0.333 e. The average molecular weight is 207 g/mol. The van der Waals surface area contributed by atoms with Crippen molar-refractivity contribution >= 4 is 0 Å². The van der Waals surface area contributed by atoms with Gasteiger partial charge in [-0.2, -0.15) is 0 Å². The summed E-state index contributed by atoms with van der Waals surface area (Å²) in [7, 11) is 0. The smallest absolute Gasteiger partial charge is 0.0952 e. The number of unbranched alkanes of at least 4 members (excludes halogenated alkanes) is 1. The monoisotopic (exact) mass is 207 g/mol. The van der Waals surface area contributed by atoms with Gasteiger partial charge in [-0.1, -0.05) is 13.3 Å². The van der Waals surface area contributed by atoms with Crippen LogP contribution in [0.1, 0.15) is 45.0 Å². The largest absolute Gasteiger partial charge is 0.333 e. The number of imidazole rings is 1. The van der Waals surface area contributed by atoms with Crippen molar-refractivity contribution in [2.45, 2.75) is 52.1 Å². The lowest BCUT2D eigenvalue weighted by atomic mass is 9.93. The van der Waals surface area contributed by atoms with Crippen LogP contribution in [-0.2, 0) is 18.5 Å². The lowest BCUT2D eigenvalue weighted by Crippen LogP contribution is -2.43. The number of rotatable bonds is 3. The quantitative estimate of drug-likeness (QED) is 0.822. The molecule has 1 aliphatic heterocycles. The summed E-state index contributed by atoms with van der Waals surface area (Å²) in [4.78, 5) is 4.53.